The lowest BCUT2D eigenvalue weighted by atomic mass is 9.96. The second-order valence-corrected chi connectivity index (χ2v) is 8.36. The summed E-state index contributed by atoms with van der Waals surface area (Å²) in [6, 6.07) is 23.2. The van der Waals surface area contributed by atoms with Gasteiger partial charge in [0.25, 0.3) is 0 Å². The van der Waals surface area contributed by atoms with E-state index in [0.717, 1.165) is 19.1 Å². The monoisotopic (exact) mass is 352 g/mol. The van der Waals surface area contributed by atoms with Gasteiger partial charge in [0.2, 0.25) is 0 Å². The molecule has 2 fully saturated rings. The number of rotatable bonds is 4. The summed E-state index contributed by atoms with van der Waals surface area (Å²) in [4.78, 5) is 5.43. The molecule has 2 aliphatic heterocycles. The molecule has 0 saturated carbocycles. The van der Waals surface area contributed by atoms with Gasteiger partial charge in [-0.3, -0.25) is 9.80 Å². The number of benzene rings is 2. The van der Waals surface area contributed by atoms with Crippen LogP contribution in [0.15, 0.2) is 60.7 Å². The average molecular weight is 353 g/mol. The number of hydrogen-bond acceptors (Lipinski definition) is 3. The van der Waals surface area contributed by atoms with Gasteiger partial charge in [-0.15, -0.1) is 0 Å². The molecule has 0 aromatic heterocycles. The van der Waals surface area contributed by atoms with E-state index in [2.05, 4.69) is 82.2 Å². The molecule has 0 unspecified atom stereocenters. The Morgan fingerprint density at radius 3 is 1.76 bits per heavy atom. The van der Waals surface area contributed by atoms with Crippen LogP contribution in [0.25, 0.3) is 0 Å². The maximum atomic E-state index is 2.75. The smallest absolute Gasteiger partial charge is 0.0602 e. The predicted octanol–water partition coefficient (Wildman–Crippen LogP) is 4.29. The maximum Gasteiger partial charge on any atom is 0.0602 e. The van der Waals surface area contributed by atoms with E-state index in [-0.39, 0.29) is 0 Å². The zero-order valence-corrected chi connectivity index (χ0v) is 15.7. The maximum absolute atomic E-state index is 2.75. The van der Waals surface area contributed by atoms with Crippen LogP contribution >= 0.6 is 11.8 Å². The molecule has 0 radical (unpaired) electrons. The minimum atomic E-state index is 0.381. The molecule has 3 heteroatoms. The number of nitrogens with zero attached hydrogens (tertiary/aromatic N) is 2. The fourth-order valence-corrected chi connectivity index (χ4v) is 5.38. The van der Waals surface area contributed by atoms with Crippen molar-refractivity contribution in [3.8, 4) is 0 Å². The van der Waals surface area contributed by atoms with E-state index in [1.54, 1.807) is 0 Å². The lowest BCUT2D eigenvalue weighted by Crippen LogP contribution is -2.52. The third-order valence-corrected chi connectivity index (χ3v) is 6.70. The van der Waals surface area contributed by atoms with Crippen molar-refractivity contribution in [2.75, 3.05) is 37.7 Å². The van der Waals surface area contributed by atoms with Crippen LogP contribution in [0, 0.1) is 0 Å². The Morgan fingerprint density at radius 2 is 1.24 bits per heavy atom. The van der Waals surface area contributed by atoms with Crippen LogP contribution in [0.3, 0.4) is 0 Å². The van der Waals surface area contributed by atoms with Gasteiger partial charge in [-0.05, 0) is 35.5 Å². The minimum Gasteiger partial charge on any atom is -0.298 e. The molecule has 2 saturated heterocycles. The SMILES string of the molecule is c1ccc(C(c2ccccc2)N2CCN(C3CCSCC3)CC2)cc1. The highest BCUT2D eigenvalue weighted by Crippen LogP contribution is 2.30. The normalized spacial score (nSPS) is 20.8. The first kappa shape index (κ1) is 17.1. The third-order valence-electron chi connectivity index (χ3n) is 5.65. The summed E-state index contributed by atoms with van der Waals surface area (Å²) in [6.45, 7) is 4.76. The largest absolute Gasteiger partial charge is 0.298 e. The quantitative estimate of drug-likeness (QED) is 0.810. The van der Waals surface area contributed by atoms with Gasteiger partial charge < -0.3 is 0 Å². The summed E-state index contributed by atoms with van der Waals surface area (Å²) >= 11 is 2.13. The van der Waals surface area contributed by atoms with Crippen molar-refractivity contribution in [3.63, 3.8) is 0 Å². The molecule has 4 rings (SSSR count). The highest BCUT2D eigenvalue weighted by molar-refractivity contribution is 7.99. The molecule has 0 atom stereocenters. The lowest BCUT2D eigenvalue weighted by Gasteiger charge is -2.43. The van der Waals surface area contributed by atoms with Crippen molar-refractivity contribution in [2.24, 2.45) is 0 Å². The summed E-state index contributed by atoms with van der Waals surface area (Å²) in [6.07, 6.45) is 2.76. The molecule has 0 amide bonds. The van der Waals surface area contributed by atoms with E-state index in [1.807, 2.05) is 0 Å². The van der Waals surface area contributed by atoms with Crippen LogP contribution in [0.5, 0.6) is 0 Å². The molecule has 0 N–H and O–H groups in total. The van der Waals surface area contributed by atoms with E-state index >= 15 is 0 Å². The van der Waals surface area contributed by atoms with Gasteiger partial charge in [-0.25, -0.2) is 0 Å². The van der Waals surface area contributed by atoms with Gasteiger partial charge in [-0.1, -0.05) is 60.7 Å². The van der Waals surface area contributed by atoms with Crippen molar-refractivity contribution in [1.29, 1.82) is 0 Å². The zero-order valence-electron chi connectivity index (χ0n) is 14.9. The van der Waals surface area contributed by atoms with Crippen LogP contribution in [-0.2, 0) is 0 Å². The van der Waals surface area contributed by atoms with Gasteiger partial charge in [0, 0.05) is 32.2 Å². The lowest BCUT2D eigenvalue weighted by molar-refractivity contribution is 0.0755. The molecule has 132 valence electrons. The Labute approximate surface area is 156 Å². The van der Waals surface area contributed by atoms with Crippen molar-refractivity contribution in [3.05, 3.63) is 71.8 Å². The van der Waals surface area contributed by atoms with Crippen LogP contribution in [-0.4, -0.2) is 53.5 Å². The first-order valence-electron chi connectivity index (χ1n) is 9.57. The van der Waals surface area contributed by atoms with Crippen LogP contribution in [0.4, 0.5) is 0 Å². The minimum absolute atomic E-state index is 0.381. The molecule has 2 aromatic rings. The Bertz CT molecular complexity index is 592. The van der Waals surface area contributed by atoms with Gasteiger partial charge >= 0.3 is 0 Å². The molecule has 0 aliphatic carbocycles. The van der Waals surface area contributed by atoms with Gasteiger partial charge in [0.05, 0.1) is 6.04 Å². The molecule has 2 aromatic carbocycles. The Balaban J connectivity index is 1.49. The van der Waals surface area contributed by atoms with E-state index in [4.69, 9.17) is 0 Å². The first-order valence-corrected chi connectivity index (χ1v) is 10.7. The molecule has 0 bridgehead atoms. The molecular formula is C22H28N2S. The second-order valence-electron chi connectivity index (χ2n) is 7.14. The Hall–Kier alpha value is -1.29. The number of piperazine rings is 1. The van der Waals surface area contributed by atoms with Crippen molar-refractivity contribution in [1.82, 2.24) is 9.80 Å². The molecular weight excluding hydrogens is 324 g/mol. The molecule has 0 spiro atoms. The van der Waals surface area contributed by atoms with Crippen LogP contribution in [0.1, 0.15) is 30.0 Å². The summed E-state index contributed by atoms with van der Waals surface area (Å²) in [5, 5.41) is 0. The fourth-order valence-electron chi connectivity index (χ4n) is 4.30. The molecule has 25 heavy (non-hydrogen) atoms. The molecule has 2 nitrogen and oxygen atoms in total. The molecule has 2 heterocycles. The average Bonchev–Trinajstić information content (AvgIpc) is 2.71. The predicted molar refractivity (Wildman–Crippen MR) is 108 cm³/mol. The summed E-state index contributed by atoms with van der Waals surface area (Å²) in [5.41, 5.74) is 2.83. The van der Waals surface area contributed by atoms with Crippen molar-refractivity contribution >= 4 is 11.8 Å². The van der Waals surface area contributed by atoms with Crippen LogP contribution in [0.2, 0.25) is 0 Å². The first-order chi connectivity index (χ1) is 12.4. The van der Waals surface area contributed by atoms with E-state index in [9.17, 15) is 0 Å². The number of thioether (sulfide) groups is 1. The summed E-state index contributed by atoms with van der Waals surface area (Å²) < 4.78 is 0. The van der Waals surface area contributed by atoms with Crippen molar-refractivity contribution < 1.29 is 0 Å². The fraction of sp³-hybridized carbons (Fsp3) is 0.455. The standard InChI is InChI=1S/C22H28N2S/c1-3-7-19(8-4-1)22(20-9-5-2-6-10-20)24-15-13-23(14-16-24)21-11-17-25-18-12-21/h1-10,21-22H,11-18H2. The van der Waals surface area contributed by atoms with Crippen LogP contribution < -0.4 is 0 Å². The number of hydrogen-bond donors (Lipinski definition) is 0. The van der Waals surface area contributed by atoms with E-state index < -0.39 is 0 Å². The summed E-state index contributed by atoms with van der Waals surface area (Å²) in [7, 11) is 0. The molecule has 2 aliphatic rings. The van der Waals surface area contributed by atoms with E-state index in [1.165, 1.54) is 48.6 Å². The zero-order chi connectivity index (χ0) is 16.9. The highest BCUT2D eigenvalue weighted by atomic mass is 32.2. The van der Waals surface area contributed by atoms with E-state index in [0.29, 0.717) is 6.04 Å². The van der Waals surface area contributed by atoms with Gasteiger partial charge in [-0.2, -0.15) is 11.8 Å². The summed E-state index contributed by atoms with van der Waals surface area (Å²) in [5.74, 6) is 2.70. The second kappa shape index (κ2) is 8.39. The van der Waals surface area contributed by atoms with Gasteiger partial charge in [0.15, 0.2) is 0 Å². The van der Waals surface area contributed by atoms with Crippen molar-refractivity contribution in [2.45, 2.75) is 24.9 Å². The topological polar surface area (TPSA) is 6.48 Å². The third kappa shape index (κ3) is 4.11. The Morgan fingerprint density at radius 1 is 0.720 bits per heavy atom. The Kier molecular flexibility index (Phi) is 5.75. The van der Waals surface area contributed by atoms with Gasteiger partial charge in [0.1, 0.15) is 0 Å². The highest BCUT2D eigenvalue weighted by Gasteiger charge is 2.29.